The molecule has 1 aliphatic rings. The molecule has 36 heavy (non-hydrogen) atoms. The second kappa shape index (κ2) is 10.9. The Hall–Kier alpha value is -3.69. The van der Waals surface area contributed by atoms with Crippen LogP contribution in [0.25, 0.3) is 0 Å². The van der Waals surface area contributed by atoms with E-state index in [2.05, 4.69) is 5.32 Å². The maximum absolute atomic E-state index is 13.6. The van der Waals surface area contributed by atoms with Crippen LogP contribution in [-0.2, 0) is 19.6 Å². The minimum Gasteiger partial charge on any atom is -0.378 e. The number of carbonyl (C=O) groups is 2. The van der Waals surface area contributed by atoms with E-state index in [9.17, 15) is 18.0 Å². The SMILES string of the molecule is Cc1cc(C)cc(N(CC(=O)Nc2ccccc2C(=O)N2CCOCC2)S(=O)(=O)c2ccccc2)c1. The van der Waals surface area contributed by atoms with Crippen molar-refractivity contribution in [2.24, 2.45) is 0 Å². The molecule has 2 amide bonds. The molecular weight excluding hydrogens is 478 g/mol. The minimum atomic E-state index is -4.04. The van der Waals surface area contributed by atoms with E-state index in [1.54, 1.807) is 59.5 Å². The number of hydrogen-bond donors (Lipinski definition) is 1. The summed E-state index contributed by atoms with van der Waals surface area (Å²) in [4.78, 5) is 28.1. The molecule has 1 saturated heterocycles. The van der Waals surface area contributed by atoms with Crippen LogP contribution in [0.1, 0.15) is 21.5 Å². The topological polar surface area (TPSA) is 96.0 Å². The summed E-state index contributed by atoms with van der Waals surface area (Å²) < 4.78 is 33.6. The molecule has 0 bridgehead atoms. The quantitative estimate of drug-likeness (QED) is 0.527. The van der Waals surface area contributed by atoms with Crippen molar-refractivity contribution in [2.75, 3.05) is 42.5 Å². The number of ether oxygens (including phenoxy) is 1. The van der Waals surface area contributed by atoms with E-state index in [-0.39, 0.29) is 10.8 Å². The zero-order chi connectivity index (χ0) is 25.7. The maximum atomic E-state index is 13.6. The number of nitrogens with zero attached hydrogens (tertiary/aromatic N) is 2. The largest absolute Gasteiger partial charge is 0.378 e. The van der Waals surface area contributed by atoms with Crippen molar-refractivity contribution in [3.63, 3.8) is 0 Å². The van der Waals surface area contributed by atoms with Gasteiger partial charge in [0, 0.05) is 13.1 Å². The van der Waals surface area contributed by atoms with E-state index in [4.69, 9.17) is 4.74 Å². The Balaban J connectivity index is 1.63. The Bertz CT molecular complexity index is 1330. The predicted molar refractivity (Wildman–Crippen MR) is 139 cm³/mol. The molecule has 1 N–H and O–H groups in total. The first-order valence-corrected chi connectivity index (χ1v) is 13.1. The van der Waals surface area contributed by atoms with Gasteiger partial charge in [0.1, 0.15) is 6.54 Å². The van der Waals surface area contributed by atoms with Crippen molar-refractivity contribution in [3.8, 4) is 0 Å². The summed E-state index contributed by atoms with van der Waals surface area (Å²) in [5.74, 6) is -0.770. The number of anilines is 2. The highest BCUT2D eigenvalue weighted by molar-refractivity contribution is 7.92. The highest BCUT2D eigenvalue weighted by Crippen LogP contribution is 2.26. The molecule has 9 heteroatoms. The molecule has 0 spiro atoms. The van der Waals surface area contributed by atoms with Crippen molar-refractivity contribution >= 4 is 33.2 Å². The van der Waals surface area contributed by atoms with Crippen molar-refractivity contribution in [2.45, 2.75) is 18.7 Å². The third kappa shape index (κ3) is 5.75. The van der Waals surface area contributed by atoms with Crippen LogP contribution in [0.3, 0.4) is 0 Å². The number of carbonyl (C=O) groups excluding carboxylic acids is 2. The minimum absolute atomic E-state index is 0.0832. The van der Waals surface area contributed by atoms with Gasteiger partial charge in [0.15, 0.2) is 0 Å². The van der Waals surface area contributed by atoms with Crippen molar-refractivity contribution in [1.29, 1.82) is 0 Å². The summed E-state index contributed by atoms with van der Waals surface area (Å²) in [6.45, 7) is 5.15. The first-order chi connectivity index (χ1) is 17.3. The Morgan fingerprint density at radius 3 is 2.19 bits per heavy atom. The van der Waals surface area contributed by atoms with Gasteiger partial charge in [-0.3, -0.25) is 13.9 Å². The van der Waals surface area contributed by atoms with Gasteiger partial charge in [0.2, 0.25) is 5.91 Å². The third-order valence-corrected chi connectivity index (χ3v) is 7.63. The third-order valence-electron chi connectivity index (χ3n) is 5.84. The molecule has 0 unspecified atom stereocenters. The lowest BCUT2D eigenvalue weighted by Gasteiger charge is -2.28. The molecule has 4 rings (SSSR count). The highest BCUT2D eigenvalue weighted by Gasteiger charge is 2.28. The Labute approximate surface area is 211 Å². The summed E-state index contributed by atoms with van der Waals surface area (Å²) in [6, 6.07) is 20.1. The average Bonchev–Trinajstić information content (AvgIpc) is 2.87. The van der Waals surface area contributed by atoms with Gasteiger partial charge in [0.25, 0.3) is 15.9 Å². The Morgan fingerprint density at radius 2 is 1.53 bits per heavy atom. The molecule has 1 aliphatic heterocycles. The second-order valence-corrected chi connectivity index (χ2v) is 10.5. The van der Waals surface area contributed by atoms with Gasteiger partial charge in [-0.15, -0.1) is 0 Å². The molecule has 3 aromatic carbocycles. The van der Waals surface area contributed by atoms with Gasteiger partial charge in [-0.1, -0.05) is 36.4 Å². The van der Waals surface area contributed by atoms with Gasteiger partial charge in [0.05, 0.1) is 35.0 Å². The molecular formula is C27H29N3O5S. The summed E-state index contributed by atoms with van der Waals surface area (Å²) >= 11 is 0. The second-order valence-electron chi connectivity index (χ2n) is 8.67. The van der Waals surface area contributed by atoms with Crippen molar-refractivity contribution in [3.05, 3.63) is 89.5 Å². The van der Waals surface area contributed by atoms with E-state index in [1.165, 1.54) is 12.1 Å². The summed E-state index contributed by atoms with van der Waals surface area (Å²) in [5, 5.41) is 2.76. The van der Waals surface area contributed by atoms with Crippen molar-refractivity contribution in [1.82, 2.24) is 4.90 Å². The lowest BCUT2D eigenvalue weighted by molar-refractivity contribution is -0.114. The van der Waals surface area contributed by atoms with Gasteiger partial charge >= 0.3 is 0 Å². The summed E-state index contributed by atoms with van der Waals surface area (Å²) in [7, 11) is -4.04. The zero-order valence-corrected chi connectivity index (χ0v) is 21.1. The van der Waals surface area contributed by atoms with Gasteiger partial charge < -0.3 is 15.0 Å². The van der Waals surface area contributed by atoms with Crippen LogP contribution in [0.15, 0.2) is 77.7 Å². The molecule has 1 fully saturated rings. The van der Waals surface area contributed by atoms with Crippen LogP contribution in [0.2, 0.25) is 0 Å². The molecule has 0 aromatic heterocycles. The van der Waals surface area contributed by atoms with Crippen LogP contribution in [-0.4, -0.2) is 58.0 Å². The van der Waals surface area contributed by atoms with Crippen LogP contribution >= 0.6 is 0 Å². The predicted octanol–water partition coefficient (Wildman–Crippen LogP) is 3.61. The molecule has 188 valence electrons. The normalized spacial score (nSPS) is 13.8. The fraction of sp³-hybridized carbons (Fsp3) is 0.259. The highest BCUT2D eigenvalue weighted by atomic mass is 32.2. The van der Waals surface area contributed by atoms with E-state index in [0.717, 1.165) is 15.4 Å². The fourth-order valence-electron chi connectivity index (χ4n) is 4.16. The first kappa shape index (κ1) is 25.4. The number of amides is 2. The van der Waals surface area contributed by atoms with Crippen molar-refractivity contribution < 1.29 is 22.7 Å². The van der Waals surface area contributed by atoms with Gasteiger partial charge in [-0.25, -0.2) is 8.42 Å². The molecule has 0 saturated carbocycles. The number of nitrogens with one attached hydrogen (secondary N) is 1. The van der Waals surface area contributed by atoms with Crippen LogP contribution in [0.5, 0.6) is 0 Å². The number of sulfonamides is 1. The standard InChI is InChI=1S/C27H29N3O5S/c1-20-16-21(2)18-22(17-20)30(36(33,34)23-8-4-3-5-9-23)19-26(31)28-25-11-7-6-10-24(25)27(32)29-12-14-35-15-13-29/h3-11,16-18H,12-15,19H2,1-2H3,(H,28,31). The molecule has 0 atom stereocenters. The Kier molecular flexibility index (Phi) is 7.71. The molecule has 0 aliphatic carbocycles. The Morgan fingerprint density at radius 1 is 0.917 bits per heavy atom. The molecule has 8 nitrogen and oxygen atoms in total. The maximum Gasteiger partial charge on any atom is 0.264 e. The van der Waals surface area contributed by atoms with E-state index >= 15 is 0 Å². The van der Waals surface area contributed by atoms with Crippen LogP contribution < -0.4 is 9.62 Å². The zero-order valence-electron chi connectivity index (χ0n) is 20.3. The van der Waals surface area contributed by atoms with Gasteiger partial charge in [-0.2, -0.15) is 0 Å². The number of aryl methyl sites for hydroxylation is 2. The molecule has 3 aromatic rings. The van der Waals surface area contributed by atoms with E-state index < -0.39 is 22.5 Å². The number of rotatable bonds is 7. The lowest BCUT2D eigenvalue weighted by atomic mass is 10.1. The first-order valence-electron chi connectivity index (χ1n) is 11.7. The average molecular weight is 508 g/mol. The monoisotopic (exact) mass is 507 g/mol. The summed E-state index contributed by atoms with van der Waals surface area (Å²) in [6.07, 6.45) is 0. The lowest BCUT2D eigenvalue weighted by Crippen LogP contribution is -2.41. The van der Waals surface area contributed by atoms with Gasteiger partial charge in [-0.05, 0) is 61.4 Å². The number of hydrogen-bond acceptors (Lipinski definition) is 5. The molecule has 1 heterocycles. The number of morpholine rings is 1. The van der Waals surface area contributed by atoms with E-state index in [0.29, 0.717) is 43.2 Å². The number of para-hydroxylation sites is 1. The fourth-order valence-corrected chi connectivity index (χ4v) is 5.59. The van der Waals surface area contributed by atoms with Crippen LogP contribution in [0.4, 0.5) is 11.4 Å². The van der Waals surface area contributed by atoms with E-state index in [1.807, 2.05) is 19.9 Å². The molecule has 0 radical (unpaired) electrons. The van der Waals surface area contributed by atoms with Crippen LogP contribution in [0, 0.1) is 13.8 Å². The smallest absolute Gasteiger partial charge is 0.264 e. The number of benzene rings is 3. The summed E-state index contributed by atoms with van der Waals surface area (Å²) in [5.41, 5.74) is 2.82.